The molecule has 7 rings (SSSR count). The maximum Gasteiger partial charge on any atom is 0.294 e. The van der Waals surface area contributed by atoms with Gasteiger partial charge in [-0.05, 0) is 34.4 Å². The zero-order chi connectivity index (χ0) is 23.1. The SMILES string of the molecule is O=CC12c3ccccc3C(c3ccccc31)[C@@H]1C(=O)N(c3ccc(Cl)cc3[N+](=O)[O-])C(=O)[C@H]12. The van der Waals surface area contributed by atoms with E-state index < -0.39 is 45.6 Å². The van der Waals surface area contributed by atoms with Gasteiger partial charge in [-0.2, -0.15) is 0 Å². The van der Waals surface area contributed by atoms with E-state index in [2.05, 4.69) is 0 Å². The van der Waals surface area contributed by atoms with Gasteiger partial charge >= 0.3 is 0 Å². The summed E-state index contributed by atoms with van der Waals surface area (Å²) in [5, 5.41) is 11.8. The van der Waals surface area contributed by atoms with Crippen LogP contribution < -0.4 is 4.90 Å². The van der Waals surface area contributed by atoms with Gasteiger partial charge in [-0.25, -0.2) is 4.90 Å². The molecule has 0 unspecified atom stereocenters. The zero-order valence-corrected chi connectivity index (χ0v) is 17.7. The van der Waals surface area contributed by atoms with Crippen molar-refractivity contribution in [3.63, 3.8) is 0 Å². The highest BCUT2D eigenvalue weighted by atomic mass is 35.5. The number of carbonyl (C=O) groups excluding carboxylic acids is 3. The number of hydrogen-bond donors (Lipinski definition) is 0. The minimum atomic E-state index is -1.35. The Labute approximate surface area is 192 Å². The Balaban J connectivity index is 1.64. The van der Waals surface area contributed by atoms with Crippen LogP contribution in [0.1, 0.15) is 28.2 Å². The predicted molar refractivity (Wildman–Crippen MR) is 119 cm³/mol. The second kappa shape index (κ2) is 6.59. The van der Waals surface area contributed by atoms with Gasteiger partial charge in [0.25, 0.3) is 5.69 Å². The number of carbonyl (C=O) groups is 3. The normalized spacial score (nSPS) is 26.6. The number of nitro benzene ring substituents is 1. The molecule has 8 heteroatoms. The van der Waals surface area contributed by atoms with Crippen molar-refractivity contribution in [2.24, 2.45) is 11.8 Å². The maximum atomic E-state index is 13.9. The van der Waals surface area contributed by atoms with Crippen molar-refractivity contribution >= 4 is 41.1 Å². The summed E-state index contributed by atoms with van der Waals surface area (Å²) in [4.78, 5) is 52.5. The van der Waals surface area contributed by atoms with Crippen molar-refractivity contribution in [1.29, 1.82) is 0 Å². The first kappa shape index (κ1) is 19.8. The van der Waals surface area contributed by atoms with E-state index in [1.807, 2.05) is 48.5 Å². The summed E-state index contributed by atoms with van der Waals surface area (Å²) < 4.78 is 0. The number of aldehydes is 1. The average Bonchev–Trinajstić information content (AvgIpc) is 3.10. The minimum Gasteiger partial charge on any atom is -0.302 e. The maximum absolute atomic E-state index is 13.9. The van der Waals surface area contributed by atoms with E-state index >= 15 is 0 Å². The van der Waals surface area contributed by atoms with Crippen LogP contribution in [0.4, 0.5) is 11.4 Å². The molecule has 1 fully saturated rings. The standard InChI is InChI=1S/C25H15ClN2O5/c26-13-9-10-18(19(11-13)28(32)33)27-23(30)21-20-14-5-1-3-7-16(14)25(12-29,22(21)24(27)31)17-8-4-2-6-15(17)20/h1-12,20-22H/t20?,21-,22-,25?/m0/s1. The molecule has 3 aliphatic carbocycles. The van der Waals surface area contributed by atoms with Gasteiger partial charge in [-0.15, -0.1) is 0 Å². The van der Waals surface area contributed by atoms with Gasteiger partial charge in [-0.1, -0.05) is 60.1 Å². The molecule has 33 heavy (non-hydrogen) atoms. The Hall–Kier alpha value is -3.84. The topological polar surface area (TPSA) is 97.6 Å². The number of benzene rings is 3. The summed E-state index contributed by atoms with van der Waals surface area (Å²) in [5.41, 5.74) is 1.15. The van der Waals surface area contributed by atoms with Crippen LogP contribution in [0.2, 0.25) is 5.02 Å². The molecule has 0 spiro atoms. The summed E-state index contributed by atoms with van der Waals surface area (Å²) in [5.74, 6) is -3.43. The summed E-state index contributed by atoms with van der Waals surface area (Å²) in [7, 11) is 0. The molecule has 0 saturated carbocycles. The molecule has 2 atom stereocenters. The van der Waals surface area contributed by atoms with Crippen LogP contribution >= 0.6 is 11.6 Å². The van der Waals surface area contributed by atoms with Crippen LogP contribution in [0.5, 0.6) is 0 Å². The van der Waals surface area contributed by atoms with E-state index in [9.17, 15) is 24.5 Å². The largest absolute Gasteiger partial charge is 0.302 e. The predicted octanol–water partition coefficient (Wildman–Crippen LogP) is 4.00. The van der Waals surface area contributed by atoms with Crippen LogP contribution in [0, 0.1) is 22.0 Å². The Morgan fingerprint density at radius 3 is 2.12 bits per heavy atom. The Bertz CT molecular complexity index is 1370. The first-order chi connectivity index (χ1) is 15.9. The molecule has 0 radical (unpaired) electrons. The van der Waals surface area contributed by atoms with Crippen LogP contribution in [0.3, 0.4) is 0 Å². The third kappa shape index (κ3) is 2.27. The van der Waals surface area contributed by atoms with Gasteiger partial charge in [0.2, 0.25) is 11.8 Å². The van der Waals surface area contributed by atoms with Crippen molar-refractivity contribution in [2.75, 3.05) is 4.90 Å². The lowest BCUT2D eigenvalue weighted by molar-refractivity contribution is -0.384. The molecule has 0 N–H and O–H groups in total. The second-order valence-corrected chi connectivity index (χ2v) is 8.98. The molecule has 162 valence electrons. The number of rotatable bonds is 3. The Morgan fingerprint density at radius 1 is 0.939 bits per heavy atom. The summed E-state index contributed by atoms with van der Waals surface area (Å²) in [6, 6.07) is 18.6. The smallest absolute Gasteiger partial charge is 0.294 e. The number of nitro groups is 1. The molecule has 4 aliphatic rings. The quantitative estimate of drug-likeness (QED) is 0.256. The highest BCUT2D eigenvalue weighted by Crippen LogP contribution is 2.63. The second-order valence-electron chi connectivity index (χ2n) is 8.54. The fraction of sp³-hybridized carbons (Fsp3) is 0.160. The first-order valence-corrected chi connectivity index (χ1v) is 10.8. The monoisotopic (exact) mass is 458 g/mol. The van der Waals surface area contributed by atoms with E-state index in [4.69, 9.17) is 11.6 Å². The number of nitrogens with zero attached hydrogens (tertiary/aromatic N) is 2. The Morgan fingerprint density at radius 2 is 1.55 bits per heavy atom. The lowest BCUT2D eigenvalue weighted by atomic mass is 9.48. The average molecular weight is 459 g/mol. The van der Waals surface area contributed by atoms with E-state index in [-0.39, 0.29) is 10.7 Å². The third-order valence-electron chi connectivity index (χ3n) is 7.24. The van der Waals surface area contributed by atoms with Gasteiger partial charge < -0.3 is 4.79 Å². The number of amides is 2. The number of hydrogen-bond acceptors (Lipinski definition) is 5. The van der Waals surface area contributed by atoms with Crippen LogP contribution in [0.25, 0.3) is 0 Å². The third-order valence-corrected chi connectivity index (χ3v) is 7.48. The van der Waals surface area contributed by atoms with Gasteiger partial charge in [0.15, 0.2) is 0 Å². The van der Waals surface area contributed by atoms with Crippen molar-refractivity contribution in [1.82, 2.24) is 0 Å². The summed E-state index contributed by atoms with van der Waals surface area (Å²) in [6.07, 6.45) is 0.767. The molecule has 2 bridgehead atoms. The van der Waals surface area contributed by atoms with Crippen LogP contribution in [-0.4, -0.2) is 23.0 Å². The molecule has 1 heterocycles. The van der Waals surface area contributed by atoms with E-state index in [1.54, 1.807) is 0 Å². The Kier molecular flexibility index (Phi) is 3.95. The molecule has 3 aromatic rings. The number of imide groups is 1. The lowest BCUT2D eigenvalue weighted by Gasteiger charge is -2.51. The first-order valence-electron chi connectivity index (χ1n) is 10.4. The number of anilines is 1. The van der Waals surface area contributed by atoms with Crippen LogP contribution in [-0.2, 0) is 19.8 Å². The lowest BCUT2D eigenvalue weighted by Crippen LogP contribution is -2.54. The van der Waals surface area contributed by atoms with Crippen molar-refractivity contribution in [3.8, 4) is 0 Å². The van der Waals surface area contributed by atoms with Crippen molar-refractivity contribution < 1.29 is 19.3 Å². The van der Waals surface area contributed by atoms with Gasteiger partial charge in [0.1, 0.15) is 12.0 Å². The minimum absolute atomic E-state index is 0.117. The van der Waals surface area contributed by atoms with E-state index in [0.29, 0.717) is 11.1 Å². The molecule has 0 aromatic heterocycles. The molecule has 1 aliphatic heterocycles. The summed E-state index contributed by atoms with van der Waals surface area (Å²) >= 11 is 5.95. The fourth-order valence-electron chi connectivity index (χ4n) is 6.10. The van der Waals surface area contributed by atoms with Gasteiger partial charge in [0.05, 0.1) is 22.2 Å². The highest BCUT2D eigenvalue weighted by Gasteiger charge is 2.68. The number of halogens is 1. The van der Waals surface area contributed by atoms with Crippen molar-refractivity contribution in [3.05, 3.63) is 104 Å². The molecule has 2 amide bonds. The van der Waals surface area contributed by atoms with Gasteiger partial charge in [-0.3, -0.25) is 19.7 Å². The highest BCUT2D eigenvalue weighted by molar-refractivity contribution is 6.31. The fourth-order valence-corrected chi connectivity index (χ4v) is 6.27. The van der Waals surface area contributed by atoms with E-state index in [0.717, 1.165) is 28.4 Å². The van der Waals surface area contributed by atoms with E-state index in [1.165, 1.54) is 12.1 Å². The molecule has 3 aromatic carbocycles. The molecular formula is C25H15ClN2O5. The molecule has 7 nitrogen and oxygen atoms in total. The van der Waals surface area contributed by atoms with Gasteiger partial charge in [0, 0.05) is 17.0 Å². The molecule has 1 saturated heterocycles. The van der Waals surface area contributed by atoms with Crippen LogP contribution in [0.15, 0.2) is 66.7 Å². The summed E-state index contributed by atoms with van der Waals surface area (Å²) in [6.45, 7) is 0. The molecular weight excluding hydrogens is 444 g/mol. The van der Waals surface area contributed by atoms with Crippen molar-refractivity contribution in [2.45, 2.75) is 11.3 Å². The zero-order valence-electron chi connectivity index (χ0n) is 17.0.